The predicted octanol–water partition coefficient (Wildman–Crippen LogP) is 3.89. The SMILES string of the molecule is CC(C)(C)OC(=O)NCC1CCC(c2nc(C(F)(F)F)no2)CC1. The normalized spacial score (nSPS) is 22.2. The van der Waals surface area contributed by atoms with E-state index in [2.05, 4.69) is 15.5 Å². The van der Waals surface area contributed by atoms with Crippen molar-refractivity contribution in [1.82, 2.24) is 15.5 Å². The molecule has 0 aliphatic heterocycles. The minimum Gasteiger partial charge on any atom is -0.444 e. The molecular weight excluding hydrogens is 327 g/mol. The van der Waals surface area contributed by atoms with Crippen LogP contribution in [0.1, 0.15) is 64.1 Å². The van der Waals surface area contributed by atoms with Gasteiger partial charge in [-0.1, -0.05) is 5.16 Å². The molecule has 9 heteroatoms. The molecule has 0 radical (unpaired) electrons. The number of alkyl carbamates (subject to hydrolysis) is 1. The molecule has 1 amide bonds. The van der Waals surface area contributed by atoms with Crippen LogP contribution >= 0.6 is 0 Å². The van der Waals surface area contributed by atoms with Crippen LogP contribution in [0.4, 0.5) is 18.0 Å². The second kappa shape index (κ2) is 6.98. The van der Waals surface area contributed by atoms with Gasteiger partial charge in [0.05, 0.1) is 0 Å². The van der Waals surface area contributed by atoms with Gasteiger partial charge in [0.1, 0.15) is 5.60 Å². The molecule has 1 N–H and O–H groups in total. The van der Waals surface area contributed by atoms with E-state index < -0.39 is 23.7 Å². The highest BCUT2D eigenvalue weighted by Gasteiger charge is 2.38. The van der Waals surface area contributed by atoms with E-state index in [1.807, 2.05) is 0 Å². The van der Waals surface area contributed by atoms with Crippen LogP contribution < -0.4 is 5.32 Å². The van der Waals surface area contributed by atoms with E-state index in [0.717, 1.165) is 12.8 Å². The van der Waals surface area contributed by atoms with E-state index in [1.54, 1.807) is 20.8 Å². The lowest BCUT2D eigenvalue weighted by atomic mass is 9.82. The highest BCUT2D eigenvalue weighted by molar-refractivity contribution is 5.67. The number of alkyl halides is 3. The van der Waals surface area contributed by atoms with Crippen LogP contribution in [-0.2, 0) is 10.9 Å². The highest BCUT2D eigenvalue weighted by atomic mass is 19.4. The number of rotatable bonds is 3. The zero-order chi connectivity index (χ0) is 18.0. The van der Waals surface area contributed by atoms with Crippen molar-refractivity contribution in [3.63, 3.8) is 0 Å². The number of hydrogen-bond acceptors (Lipinski definition) is 5. The molecule has 1 fully saturated rings. The highest BCUT2D eigenvalue weighted by Crippen LogP contribution is 2.36. The van der Waals surface area contributed by atoms with Crippen molar-refractivity contribution in [3.05, 3.63) is 11.7 Å². The molecular formula is C15H22F3N3O3. The Morgan fingerprint density at radius 2 is 1.88 bits per heavy atom. The van der Waals surface area contributed by atoms with E-state index >= 15 is 0 Å². The first-order valence-electron chi connectivity index (χ1n) is 7.92. The first-order valence-corrected chi connectivity index (χ1v) is 7.92. The Kier molecular flexibility index (Phi) is 5.39. The molecule has 1 aromatic rings. The van der Waals surface area contributed by atoms with E-state index in [-0.39, 0.29) is 17.7 Å². The Hall–Kier alpha value is -1.80. The number of nitrogens with zero attached hydrogens (tertiary/aromatic N) is 2. The summed E-state index contributed by atoms with van der Waals surface area (Å²) in [5, 5.41) is 5.72. The van der Waals surface area contributed by atoms with Crippen molar-refractivity contribution in [2.45, 2.75) is 64.1 Å². The summed E-state index contributed by atoms with van der Waals surface area (Å²) < 4.78 is 47.4. The van der Waals surface area contributed by atoms with Gasteiger partial charge in [0.15, 0.2) is 0 Å². The smallest absolute Gasteiger partial charge is 0.444 e. The average molecular weight is 349 g/mol. The van der Waals surface area contributed by atoms with E-state index in [0.29, 0.717) is 19.4 Å². The molecule has 1 aliphatic carbocycles. The lowest BCUT2D eigenvalue weighted by Gasteiger charge is -2.27. The summed E-state index contributed by atoms with van der Waals surface area (Å²) in [6.45, 7) is 5.85. The molecule has 0 bridgehead atoms. The number of nitrogens with one attached hydrogen (secondary N) is 1. The molecule has 1 saturated carbocycles. The molecule has 0 unspecified atom stereocenters. The largest absolute Gasteiger partial charge is 0.455 e. The van der Waals surface area contributed by atoms with E-state index in [9.17, 15) is 18.0 Å². The molecule has 0 spiro atoms. The number of halogens is 3. The third-order valence-electron chi connectivity index (χ3n) is 3.83. The fourth-order valence-electron chi connectivity index (χ4n) is 2.67. The van der Waals surface area contributed by atoms with Crippen LogP contribution in [-0.4, -0.2) is 28.4 Å². The third-order valence-corrected chi connectivity index (χ3v) is 3.83. The third kappa shape index (κ3) is 5.38. The van der Waals surface area contributed by atoms with Crippen LogP contribution in [0.2, 0.25) is 0 Å². The first kappa shape index (κ1) is 18.5. The van der Waals surface area contributed by atoms with Gasteiger partial charge in [0.25, 0.3) is 5.82 Å². The molecule has 0 saturated heterocycles. The molecule has 0 atom stereocenters. The summed E-state index contributed by atoms with van der Waals surface area (Å²) in [7, 11) is 0. The van der Waals surface area contributed by atoms with Gasteiger partial charge in [-0.2, -0.15) is 18.2 Å². The summed E-state index contributed by atoms with van der Waals surface area (Å²) >= 11 is 0. The van der Waals surface area contributed by atoms with Gasteiger partial charge in [-0.25, -0.2) is 4.79 Å². The van der Waals surface area contributed by atoms with Crippen LogP contribution in [0.25, 0.3) is 0 Å². The fourth-order valence-corrected chi connectivity index (χ4v) is 2.67. The minimum atomic E-state index is -4.59. The Morgan fingerprint density at radius 1 is 1.25 bits per heavy atom. The number of carbonyl (C=O) groups is 1. The summed E-state index contributed by atoms with van der Waals surface area (Å²) in [6, 6.07) is 0. The quantitative estimate of drug-likeness (QED) is 0.896. The maximum absolute atomic E-state index is 12.5. The Morgan fingerprint density at radius 3 is 2.38 bits per heavy atom. The van der Waals surface area contributed by atoms with Crippen LogP contribution in [0.15, 0.2) is 4.52 Å². The topological polar surface area (TPSA) is 77.2 Å². The monoisotopic (exact) mass is 349 g/mol. The van der Waals surface area contributed by atoms with Crippen LogP contribution in [0, 0.1) is 5.92 Å². The molecule has 2 rings (SSSR count). The van der Waals surface area contributed by atoms with Gasteiger partial charge in [0, 0.05) is 12.5 Å². The van der Waals surface area contributed by atoms with Crippen LogP contribution in [0.3, 0.4) is 0 Å². The summed E-state index contributed by atoms with van der Waals surface area (Å²) in [5.41, 5.74) is -0.546. The Labute approximate surface area is 138 Å². The molecule has 136 valence electrons. The Bertz CT molecular complexity index is 558. The zero-order valence-electron chi connectivity index (χ0n) is 13.9. The number of hydrogen-bond donors (Lipinski definition) is 1. The molecule has 24 heavy (non-hydrogen) atoms. The number of carbonyl (C=O) groups excluding carboxylic acids is 1. The van der Waals surface area contributed by atoms with Crippen LogP contribution in [0.5, 0.6) is 0 Å². The maximum Gasteiger partial charge on any atom is 0.455 e. The van der Waals surface area contributed by atoms with Crippen molar-refractivity contribution < 1.29 is 27.2 Å². The number of ether oxygens (including phenoxy) is 1. The second-order valence-electron chi connectivity index (χ2n) is 7.05. The summed E-state index contributed by atoms with van der Waals surface area (Å²) in [6.07, 6.45) is -2.21. The molecule has 1 aliphatic rings. The first-order chi connectivity index (χ1) is 11.0. The maximum atomic E-state index is 12.5. The van der Waals surface area contributed by atoms with Gasteiger partial charge in [-0.3, -0.25) is 0 Å². The summed E-state index contributed by atoms with van der Waals surface area (Å²) in [5.74, 6) is -1.09. The fraction of sp³-hybridized carbons (Fsp3) is 0.800. The molecule has 1 aromatic heterocycles. The van der Waals surface area contributed by atoms with Gasteiger partial charge in [-0.05, 0) is 52.4 Å². The van der Waals surface area contributed by atoms with Crippen molar-refractivity contribution >= 4 is 6.09 Å². The van der Waals surface area contributed by atoms with Gasteiger partial charge in [-0.15, -0.1) is 0 Å². The van der Waals surface area contributed by atoms with Crippen molar-refractivity contribution in [2.24, 2.45) is 5.92 Å². The molecule has 0 aromatic carbocycles. The second-order valence-corrected chi connectivity index (χ2v) is 7.05. The molecule has 1 heterocycles. The van der Waals surface area contributed by atoms with E-state index in [4.69, 9.17) is 9.26 Å². The Balaban J connectivity index is 1.77. The number of amides is 1. The standard InChI is InChI=1S/C15H22F3N3O3/c1-14(2,3)23-13(22)19-8-9-4-6-10(7-5-9)11-20-12(21-24-11)15(16,17)18/h9-10H,4-8H2,1-3H3,(H,19,22). The van der Waals surface area contributed by atoms with Gasteiger partial charge >= 0.3 is 12.3 Å². The minimum absolute atomic E-state index is 0.0425. The zero-order valence-corrected chi connectivity index (χ0v) is 13.9. The summed E-state index contributed by atoms with van der Waals surface area (Å²) in [4.78, 5) is 15.1. The van der Waals surface area contributed by atoms with Gasteiger partial charge in [0.2, 0.25) is 5.89 Å². The van der Waals surface area contributed by atoms with E-state index in [1.165, 1.54) is 0 Å². The lowest BCUT2D eigenvalue weighted by molar-refractivity contribution is -0.146. The predicted molar refractivity (Wildman–Crippen MR) is 78.2 cm³/mol. The number of aromatic nitrogens is 2. The van der Waals surface area contributed by atoms with Crippen molar-refractivity contribution in [2.75, 3.05) is 6.54 Å². The van der Waals surface area contributed by atoms with Crippen molar-refractivity contribution in [1.29, 1.82) is 0 Å². The lowest BCUT2D eigenvalue weighted by Crippen LogP contribution is -2.36. The van der Waals surface area contributed by atoms with Crippen molar-refractivity contribution in [3.8, 4) is 0 Å². The van der Waals surface area contributed by atoms with Gasteiger partial charge < -0.3 is 14.6 Å². The average Bonchev–Trinajstić information content (AvgIpc) is 2.93. The molecule has 6 nitrogen and oxygen atoms in total.